The molecule has 1 aliphatic heterocycles. The Morgan fingerprint density at radius 1 is 1.22 bits per heavy atom. The number of fused-ring (bicyclic) bond motifs is 1. The quantitative estimate of drug-likeness (QED) is 0.664. The van der Waals surface area contributed by atoms with E-state index in [0.29, 0.717) is 11.7 Å². The van der Waals surface area contributed by atoms with Crippen molar-refractivity contribution in [2.45, 2.75) is 31.8 Å². The Morgan fingerprint density at radius 3 is 2.85 bits per heavy atom. The molecule has 0 saturated carbocycles. The fourth-order valence-electron chi connectivity index (χ4n) is 3.62. The minimum absolute atomic E-state index is 0.0409. The largest absolute Gasteiger partial charge is 0.378 e. The van der Waals surface area contributed by atoms with E-state index in [2.05, 4.69) is 4.98 Å². The van der Waals surface area contributed by atoms with E-state index in [4.69, 9.17) is 4.74 Å². The summed E-state index contributed by atoms with van der Waals surface area (Å²) in [5.41, 5.74) is 3.50. The van der Waals surface area contributed by atoms with Gasteiger partial charge in [0.2, 0.25) is 0 Å². The molecule has 0 aliphatic carbocycles. The van der Waals surface area contributed by atoms with Crippen LogP contribution in [-0.4, -0.2) is 46.5 Å². The summed E-state index contributed by atoms with van der Waals surface area (Å²) in [5, 5.41) is 0. The number of imidazole rings is 1. The Bertz CT molecular complexity index is 914. The minimum atomic E-state index is 0.0409. The zero-order chi connectivity index (χ0) is 18.6. The molecule has 1 fully saturated rings. The third kappa shape index (κ3) is 4.03. The Balaban J connectivity index is 1.43. The van der Waals surface area contributed by atoms with Gasteiger partial charge in [-0.15, -0.1) is 0 Å². The Labute approximate surface area is 159 Å². The zero-order valence-corrected chi connectivity index (χ0v) is 15.7. The third-order valence-corrected chi connectivity index (χ3v) is 5.16. The number of aromatic nitrogens is 2. The van der Waals surface area contributed by atoms with Crippen LogP contribution in [0.5, 0.6) is 0 Å². The number of ether oxygens (including phenoxy) is 1. The van der Waals surface area contributed by atoms with Crippen molar-refractivity contribution in [1.29, 1.82) is 0 Å². The van der Waals surface area contributed by atoms with Crippen LogP contribution in [0, 0.1) is 0 Å². The minimum Gasteiger partial charge on any atom is -0.378 e. The lowest BCUT2D eigenvalue weighted by molar-refractivity contribution is 0.0762. The molecule has 1 atom stereocenters. The van der Waals surface area contributed by atoms with Crippen molar-refractivity contribution >= 4 is 11.6 Å². The smallest absolute Gasteiger partial charge is 0.255 e. The van der Waals surface area contributed by atoms with Crippen LogP contribution in [0.25, 0.3) is 16.9 Å². The van der Waals surface area contributed by atoms with Crippen LogP contribution in [0.2, 0.25) is 0 Å². The van der Waals surface area contributed by atoms with Gasteiger partial charge in [0.05, 0.1) is 17.4 Å². The molecule has 1 aromatic carbocycles. The van der Waals surface area contributed by atoms with Crippen LogP contribution in [0.1, 0.15) is 36.0 Å². The number of amides is 1. The molecular weight excluding hydrogens is 338 g/mol. The van der Waals surface area contributed by atoms with Crippen LogP contribution < -0.4 is 0 Å². The number of hydrogen-bond acceptors (Lipinski definition) is 3. The lowest BCUT2D eigenvalue weighted by Gasteiger charge is -2.18. The molecule has 0 unspecified atom stereocenters. The van der Waals surface area contributed by atoms with E-state index in [9.17, 15) is 4.79 Å². The van der Waals surface area contributed by atoms with Gasteiger partial charge in [-0.05, 0) is 37.8 Å². The molecule has 3 heterocycles. The van der Waals surface area contributed by atoms with Crippen molar-refractivity contribution in [1.82, 2.24) is 14.3 Å². The number of carbonyl (C=O) groups excluding carboxylic acids is 1. The molecule has 0 N–H and O–H groups in total. The summed E-state index contributed by atoms with van der Waals surface area (Å²) in [6.45, 7) is 1.63. The first-order chi connectivity index (χ1) is 13.2. The summed E-state index contributed by atoms with van der Waals surface area (Å²) in [6.07, 6.45) is 8.53. The van der Waals surface area contributed by atoms with E-state index in [1.807, 2.05) is 66.3 Å². The molecule has 5 heteroatoms. The van der Waals surface area contributed by atoms with E-state index >= 15 is 0 Å². The molecule has 140 valence electrons. The van der Waals surface area contributed by atoms with Crippen LogP contribution in [-0.2, 0) is 4.74 Å². The van der Waals surface area contributed by atoms with Crippen molar-refractivity contribution in [2.24, 2.45) is 0 Å². The number of hydrogen-bond donors (Lipinski definition) is 0. The molecule has 0 radical (unpaired) electrons. The van der Waals surface area contributed by atoms with Crippen molar-refractivity contribution in [3.8, 4) is 11.3 Å². The molecule has 0 spiro atoms. The number of carbonyl (C=O) groups is 1. The third-order valence-electron chi connectivity index (χ3n) is 5.16. The Kier molecular flexibility index (Phi) is 5.21. The highest BCUT2D eigenvalue weighted by Gasteiger charge is 2.17. The second kappa shape index (κ2) is 7.92. The van der Waals surface area contributed by atoms with E-state index in [-0.39, 0.29) is 5.91 Å². The molecule has 1 amide bonds. The van der Waals surface area contributed by atoms with Gasteiger partial charge in [0.25, 0.3) is 5.91 Å². The maximum absolute atomic E-state index is 12.8. The average Bonchev–Trinajstić information content (AvgIpc) is 3.37. The summed E-state index contributed by atoms with van der Waals surface area (Å²) in [6, 6.07) is 13.8. The predicted octanol–water partition coefficient (Wildman–Crippen LogP) is 4.03. The summed E-state index contributed by atoms with van der Waals surface area (Å²) in [5.74, 6) is 0.0409. The van der Waals surface area contributed by atoms with Crippen LogP contribution in [0.3, 0.4) is 0 Å². The highest BCUT2D eigenvalue weighted by molar-refractivity contribution is 5.94. The van der Waals surface area contributed by atoms with Crippen LogP contribution in [0.4, 0.5) is 0 Å². The topological polar surface area (TPSA) is 46.8 Å². The molecule has 27 heavy (non-hydrogen) atoms. The second-order valence-corrected chi connectivity index (χ2v) is 7.18. The Morgan fingerprint density at radius 2 is 2.07 bits per heavy atom. The molecule has 3 aromatic rings. The van der Waals surface area contributed by atoms with Gasteiger partial charge in [-0.25, -0.2) is 4.98 Å². The number of rotatable bonds is 6. The van der Waals surface area contributed by atoms with Gasteiger partial charge in [0.15, 0.2) is 0 Å². The van der Waals surface area contributed by atoms with Gasteiger partial charge in [-0.3, -0.25) is 4.79 Å². The lowest BCUT2D eigenvalue weighted by Crippen LogP contribution is -2.28. The molecule has 0 bridgehead atoms. The summed E-state index contributed by atoms with van der Waals surface area (Å²) in [7, 11) is 1.87. The summed E-state index contributed by atoms with van der Waals surface area (Å²) in [4.78, 5) is 19.2. The standard InChI is InChI=1S/C22H25N3O2/c1-24(13-5-9-19-10-6-14-27-19)22(26)18-11-12-21-23-20(16-25(21)15-18)17-7-3-2-4-8-17/h2-4,7-8,11-12,15-16,19H,5-6,9-10,13-14H2,1H3/t19-/m1/s1. The molecule has 1 aliphatic rings. The molecule has 5 nitrogen and oxygen atoms in total. The van der Waals surface area contributed by atoms with Gasteiger partial charge in [0.1, 0.15) is 5.65 Å². The molecule has 4 rings (SSSR count). The monoisotopic (exact) mass is 363 g/mol. The lowest BCUT2D eigenvalue weighted by atomic mass is 10.1. The molecule has 2 aromatic heterocycles. The maximum atomic E-state index is 12.8. The fraction of sp³-hybridized carbons (Fsp3) is 0.364. The summed E-state index contributed by atoms with van der Waals surface area (Å²) >= 11 is 0. The van der Waals surface area contributed by atoms with E-state index in [0.717, 1.165) is 55.7 Å². The van der Waals surface area contributed by atoms with Crippen molar-refractivity contribution < 1.29 is 9.53 Å². The van der Waals surface area contributed by atoms with E-state index in [1.165, 1.54) is 0 Å². The Hall–Kier alpha value is -2.66. The fourth-order valence-corrected chi connectivity index (χ4v) is 3.62. The van der Waals surface area contributed by atoms with Gasteiger partial charge in [-0.1, -0.05) is 30.3 Å². The molecule has 1 saturated heterocycles. The first kappa shape index (κ1) is 17.7. The van der Waals surface area contributed by atoms with Crippen LogP contribution in [0.15, 0.2) is 54.9 Å². The predicted molar refractivity (Wildman–Crippen MR) is 106 cm³/mol. The maximum Gasteiger partial charge on any atom is 0.255 e. The SMILES string of the molecule is CN(CCC[C@@H]1CCCO1)C(=O)c1ccc2nc(-c3ccccc3)cn2c1. The first-order valence-electron chi connectivity index (χ1n) is 9.62. The van der Waals surface area contributed by atoms with E-state index < -0.39 is 0 Å². The van der Waals surface area contributed by atoms with E-state index in [1.54, 1.807) is 4.90 Å². The molecular formula is C22H25N3O2. The summed E-state index contributed by atoms with van der Waals surface area (Å²) < 4.78 is 7.58. The first-order valence-corrected chi connectivity index (χ1v) is 9.62. The highest BCUT2D eigenvalue weighted by Crippen LogP contribution is 2.20. The second-order valence-electron chi connectivity index (χ2n) is 7.18. The highest BCUT2D eigenvalue weighted by atomic mass is 16.5. The number of pyridine rings is 1. The van der Waals surface area contributed by atoms with Crippen LogP contribution >= 0.6 is 0 Å². The van der Waals surface area contributed by atoms with Gasteiger partial charge >= 0.3 is 0 Å². The van der Waals surface area contributed by atoms with Crippen molar-refractivity contribution in [3.05, 3.63) is 60.4 Å². The van der Waals surface area contributed by atoms with Gasteiger partial charge in [0, 0.05) is 38.2 Å². The zero-order valence-electron chi connectivity index (χ0n) is 15.7. The number of benzene rings is 1. The van der Waals surface area contributed by atoms with Crippen molar-refractivity contribution in [3.63, 3.8) is 0 Å². The number of nitrogens with zero attached hydrogens (tertiary/aromatic N) is 3. The van der Waals surface area contributed by atoms with Crippen molar-refractivity contribution in [2.75, 3.05) is 20.2 Å². The average molecular weight is 363 g/mol. The normalized spacial score (nSPS) is 16.7. The van der Waals surface area contributed by atoms with Gasteiger partial charge < -0.3 is 14.0 Å². The van der Waals surface area contributed by atoms with Gasteiger partial charge in [-0.2, -0.15) is 0 Å².